The molecule has 0 spiro atoms. The molecule has 23 heavy (non-hydrogen) atoms. The Bertz CT molecular complexity index is 1080. The minimum absolute atomic E-state index is 0.120. The van der Waals surface area contributed by atoms with Crippen LogP contribution in [0.15, 0.2) is 53.3 Å². The van der Waals surface area contributed by atoms with Crippen molar-refractivity contribution in [3.05, 3.63) is 70.3 Å². The zero-order chi connectivity index (χ0) is 16.0. The van der Waals surface area contributed by atoms with E-state index in [1.165, 1.54) is 0 Å². The standard InChI is InChI=1S/C17H13ClN4O/c1-11-6-8-12(9-7-11)21-16(23)13-4-2-3-5-14(13)22-15(10-18)19-20-17(21)22/h2-9H,10H2,1H3. The molecule has 5 nitrogen and oxygen atoms in total. The topological polar surface area (TPSA) is 52.2 Å². The van der Waals surface area contributed by atoms with E-state index < -0.39 is 0 Å². The van der Waals surface area contributed by atoms with Crippen molar-refractivity contribution in [3.63, 3.8) is 0 Å². The summed E-state index contributed by atoms with van der Waals surface area (Å²) in [5.74, 6) is 1.30. The van der Waals surface area contributed by atoms with Crippen LogP contribution < -0.4 is 5.56 Å². The van der Waals surface area contributed by atoms with Crippen LogP contribution in [0.2, 0.25) is 0 Å². The van der Waals surface area contributed by atoms with Gasteiger partial charge in [-0.1, -0.05) is 29.8 Å². The number of aryl methyl sites for hydroxylation is 1. The highest BCUT2D eigenvalue weighted by Gasteiger charge is 2.16. The fraction of sp³-hybridized carbons (Fsp3) is 0.118. The molecular weight excluding hydrogens is 312 g/mol. The lowest BCUT2D eigenvalue weighted by molar-refractivity contribution is 0.962. The van der Waals surface area contributed by atoms with Gasteiger partial charge in [0.25, 0.3) is 5.56 Å². The van der Waals surface area contributed by atoms with Crippen LogP contribution in [0.1, 0.15) is 11.4 Å². The van der Waals surface area contributed by atoms with E-state index in [1.807, 2.05) is 53.8 Å². The number of aromatic nitrogens is 4. The average Bonchev–Trinajstić information content (AvgIpc) is 3.00. The van der Waals surface area contributed by atoms with Crippen LogP contribution in [0.4, 0.5) is 0 Å². The molecule has 0 amide bonds. The lowest BCUT2D eigenvalue weighted by Crippen LogP contribution is -2.22. The van der Waals surface area contributed by atoms with Crippen LogP contribution in [0.3, 0.4) is 0 Å². The molecule has 0 atom stereocenters. The molecule has 0 N–H and O–H groups in total. The summed E-state index contributed by atoms with van der Waals surface area (Å²) in [4.78, 5) is 13.0. The van der Waals surface area contributed by atoms with Crippen LogP contribution in [0.5, 0.6) is 0 Å². The number of alkyl halides is 1. The number of para-hydroxylation sites is 1. The molecule has 0 fully saturated rings. The third-order valence-electron chi connectivity index (χ3n) is 3.90. The molecule has 4 aromatic rings. The third kappa shape index (κ3) is 2.04. The van der Waals surface area contributed by atoms with Gasteiger partial charge >= 0.3 is 0 Å². The second kappa shape index (κ2) is 5.21. The summed E-state index contributed by atoms with van der Waals surface area (Å²) in [5.41, 5.74) is 2.52. The zero-order valence-electron chi connectivity index (χ0n) is 12.4. The number of halogens is 1. The fourth-order valence-corrected chi connectivity index (χ4v) is 2.95. The molecule has 0 unspecified atom stereocenters. The molecule has 2 heterocycles. The van der Waals surface area contributed by atoms with Crippen molar-refractivity contribution in [1.82, 2.24) is 19.2 Å². The van der Waals surface area contributed by atoms with E-state index in [2.05, 4.69) is 10.2 Å². The molecule has 0 saturated carbocycles. The lowest BCUT2D eigenvalue weighted by atomic mass is 10.2. The summed E-state index contributed by atoms with van der Waals surface area (Å²) in [6.07, 6.45) is 0. The van der Waals surface area contributed by atoms with Gasteiger partial charge in [-0.2, -0.15) is 0 Å². The second-order valence-electron chi connectivity index (χ2n) is 5.38. The minimum Gasteiger partial charge on any atom is -0.268 e. The SMILES string of the molecule is Cc1ccc(-n2c(=O)c3ccccc3n3c(CCl)nnc23)cc1. The van der Waals surface area contributed by atoms with Crippen molar-refractivity contribution in [2.75, 3.05) is 0 Å². The van der Waals surface area contributed by atoms with Gasteiger partial charge in [0.2, 0.25) is 5.78 Å². The van der Waals surface area contributed by atoms with Crippen molar-refractivity contribution in [2.24, 2.45) is 0 Å². The van der Waals surface area contributed by atoms with Gasteiger partial charge in [0.05, 0.1) is 22.5 Å². The summed E-state index contributed by atoms with van der Waals surface area (Å²) in [6.45, 7) is 2.01. The van der Waals surface area contributed by atoms with Gasteiger partial charge < -0.3 is 0 Å². The van der Waals surface area contributed by atoms with E-state index in [9.17, 15) is 4.79 Å². The Morgan fingerprint density at radius 2 is 1.78 bits per heavy atom. The molecule has 4 rings (SSSR count). The normalized spacial score (nSPS) is 11.4. The first-order valence-corrected chi connectivity index (χ1v) is 7.75. The zero-order valence-corrected chi connectivity index (χ0v) is 13.2. The third-order valence-corrected chi connectivity index (χ3v) is 4.14. The summed E-state index contributed by atoms with van der Waals surface area (Å²) >= 11 is 6.00. The summed E-state index contributed by atoms with van der Waals surface area (Å²) in [5, 5.41) is 8.92. The number of rotatable bonds is 2. The van der Waals surface area contributed by atoms with Crippen molar-refractivity contribution in [3.8, 4) is 5.69 Å². The highest BCUT2D eigenvalue weighted by molar-refractivity contribution is 6.16. The Kier molecular flexibility index (Phi) is 3.16. The van der Waals surface area contributed by atoms with Gasteiger partial charge in [-0.3, -0.25) is 9.20 Å². The largest absolute Gasteiger partial charge is 0.268 e. The first-order valence-electron chi connectivity index (χ1n) is 7.21. The maximum atomic E-state index is 13.0. The highest BCUT2D eigenvalue weighted by atomic mass is 35.5. The number of hydrogen-bond acceptors (Lipinski definition) is 3. The number of hydrogen-bond donors (Lipinski definition) is 0. The maximum Gasteiger partial charge on any atom is 0.267 e. The quantitative estimate of drug-likeness (QED) is 0.532. The molecule has 114 valence electrons. The summed E-state index contributed by atoms with van der Waals surface area (Å²) in [6, 6.07) is 15.2. The fourth-order valence-electron chi connectivity index (χ4n) is 2.77. The monoisotopic (exact) mass is 324 g/mol. The molecule has 6 heteroatoms. The number of fused-ring (bicyclic) bond motifs is 3. The molecular formula is C17H13ClN4O. The molecule has 0 radical (unpaired) electrons. The number of benzene rings is 2. The molecule has 2 aromatic heterocycles. The Morgan fingerprint density at radius 1 is 1.04 bits per heavy atom. The first-order chi connectivity index (χ1) is 11.2. The Hall–Kier alpha value is -2.66. The molecule has 0 bridgehead atoms. The molecule has 0 aliphatic rings. The van der Waals surface area contributed by atoms with Crippen LogP contribution in [-0.4, -0.2) is 19.2 Å². The average molecular weight is 325 g/mol. The first kappa shape index (κ1) is 14.0. The van der Waals surface area contributed by atoms with Gasteiger partial charge in [-0.15, -0.1) is 21.8 Å². The van der Waals surface area contributed by atoms with Gasteiger partial charge in [0.15, 0.2) is 5.82 Å². The van der Waals surface area contributed by atoms with E-state index in [0.717, 1.165) is 16.8 Å². The molecule has 0 aliphatic carbocycles. The smallest absolute Gasteiger partial charge is 0.267 e. The summed E-state index contributed by atoms with van der Waals surface area (Å²) < 4.78 is 3.41. The van der Waals surface area contributed by atoms with E-state index in [-0.39, 0.29) is 11.4 Å². The van der Waals surface area contributed by atoms with Crippen molar-refractivity contribution in [1.29, 1.82) is 0 Å². The van der Waals surface area contributed by atoms with E-state index in [4.69, 9.17) is 11.6 Å². The van der Waals surface area contributed by atoms with Crippen LogP contribution in [0, 0.1) is 6.92 Å². The lowest BCUT2D eigenvalue weighted by Gasteiger charge is -2.11. The predicted octanol–water partition coefficient (Wildman–Crippen LogP) is 3.08. The van der Waals surface area contributed by atoms with Gasteiger partial charge in [0, 0.05) is 0 Å². The minimum atomic E-state index is -0.120. The van der Waals surface area contributed by atoms with Crippen molar-refractivity contribution < 1.29 is 0 Å². The molecule has 0 saturated heterocycles. The Labute approximate surface area is 136 Å². The predicted molar refractivity (Wildman–Crippen MR) is 90.4 cm³/mol. The highest BCUT2D eigenvalue weighted by Crippen LogP contribution is 2.18. The maximum absolute atomic E-state index is 13.0. The van der Waals surface area contributed by atoms with Crippen LogP contribution in [0.25, 0.3) is 22.4 Å². The van der Waals surface area contributed by atoms with Crippen molar-refractivity contribution >= 4 is 28.3 Å². The van der Waals surface area contributed by atoms with E-state index in [1.54, 1.807) is 10.6 Å². The van der Waals surface area contributed by atoms with Gasteiger partial charge in [0.1, 0.15) is 0 Å². The summed E-state index contributed by atoms with van der Waals surface area (Å²) in [7, 11) is 0. The Balaban J connectivity index is 2.22. The second-order valence-corrected chi connectivity index (χ2v) is 5.65. The van der Waals surface area contributed by atoms with Crippen LogP contribution >= 0.6 is 11.6 Å². The molecule has 2 aromatic carbocycles. The van der Waals surface area contributed by atoms with Gasteiger partial charge in [-0.25, -0.2) is 4.57 Å². The number of nitrogens with zero attached hydrogens (tertiary/aromatic N) is 4. The van der Waals surface area contributed by atoms with Gasteiger partial charge in [-0.05, 0) is 31.2 Å². The van der Waals surface area contributed by atoms with E-state index >= 15 is 0 Å². The Morgan fingerprint density at radius 3 is 2.52 bits per heavy atom. The van der Waals surface area contributed by atoms with Crippen LogP contribution in [-0.2, 0) is 5.88 Å². The van der Waals surface area contributed by atoms with Crippen molar-refractivity contribution in [2.45, 2.75) is 12.8 Å². The van der Waals surface area contributed by atoms with E-state index in [0.29, 0.717) is 17.0 Å². The molecule has 0 aliphatic heterocycles.